The smallest absolute Gasteiger partial charge is 0.140 e. The third-order valence-corrected chi connectivity index (χ3v) is 3.11. The van der Waals surface area contributed by atoms with E-state index in [1.165, 1.54) is 38.5 Å². The first kappa shape index (κ1) is 11.2. The van der Waals surface area contributed by atoms with E-state index >= 15 is 0 Å². The van der Waals surface area contributed by atoms with Crippen LogP contribution in [0.3, 0.4) is 0 Å². The lowest BCUT2D eigenvalue weighted by atomic mass is 10.1. The van der Waals surface area contributed by atoms with Gasteiger partial charge in [0.2, 0.25) is 0 Å². The molecule has 2 rings (SSSR count). The van der Waals surface area contributed by atoms with Gasteiger partial charge in [0, 0.05) is 13.1 Å². The maximum Gasteiger partial charge on any atom is 0.140 e. The molecule has 1 fully saturated rings. The summed E-state index contributed by atoms with van der Waals surface area (Å²) in [6.07, 6.45) is 11.7. The molecule has 1 aromatic heterocycles. The molecule has 0 radical (unpaired) electrons. The highest BCUT2D eigenvalue weighted by molar-refractivity contribution is 5.44. The summed E-state index contributed by atoms with van der Waals surface area (Å²) >= 11 is 0. The zero-order chi connectivity index (χ0) is 11.2. The molecule has 1 aliphatic rings. The van der Waals surface area contributed by atoms with Crippen LogP contribution in [0.25, 0.3) is 0 Å². The number of ether oxygens (including phenoxy) is 1. The molecule has 3 heteroatoms. The van der Waals surface area contributed by atoms with Crippen LogP contribution < -0.4 is 10.1 Å². The van der Waals surface area contributed by atoms with Crippen LogP contribution >= 0.6 is 0 Å². The van der Waals surface area contributed by atoms with Gasteiger partial charge < -0.3 is 10.1 Å². The molecule has 0 amide bonds. The van der Waals surface area contributed by atoms with E-state index in [4.69, 9.17) is 4.74 Å². The fourth-order valence-electron chi connectivity index (χ4n) is 2.17. The topological polar surface area (TPSA) is 34.2 Å². The van der Waals surface area contributed by atoms with E-state index in [0.29, 0.717) is 6.10 Å². The van der Waals surface area contributed by atoms with Gasteiger partial charge in [-0.1, -0.05) is 12.8 Å². The van der Waals surface area contributed by atoms with Crippen LogP contribution in [0.4, 0.5) is 5.69 Å². The summed E-state index contributed by atoms with van der Waals surface area (Å²) in [5, 5.41) is 3.07. The van der Waals surface area contributed by atoms with Gasteiger partial charge in [0.25, 0.3) is 0 Å². The lowest BCUT2D eigenvalue weighted by Gasteiger charge is -2.17. The van der Waals surface area contributed by atoms with E-state index in [9.17, 15) is 0 Å². The van der Waals surface area contributed by atoms with Gasteiger partial charge in [0.15, 0.2) is 0 Å². The number of nitrogens with zero attached hydrogens (tertiary/aromatic N) is 1. The monoisotopic (exact) mass is 220 g/mol. The van der Waals surface area contributed by atoms with E-state index in [-0.39, 0.29) is 0 Å². The fourth-order valence-corrected chi connectivity index (χ4v) is 2.17. The molecule has 0 bridgehead atoms. The van der Waals surface area contributed by atoms with Gasteiger partial charge >= 0.3 is 0 Å². The van der Waals surface area contributed by atoms with Gasteiger partial charge in [-0.2, -0.15) is 0 Å². The van der Waals surface area contributed by atoms with Gasteiger partial charge in [-0.15, -0.1) is 0 Å². The molecule has 0 aliphatic heterocycles. The third-order valence-electron chi connectivity index (χ3n) is 3.11. The quantitative estimate of drug-likeness (QED) is 0.794. The van der Waals surface area contributed by atoms with Crippen LogP contribution in [0, 0.1) is 0 Å². The Labute approximate surface area is 97.2 Å². The molecule has 0 spiro atoms. The second kappa shape index (κ2) is 5.73. The molecule has 1 N–H and O–H groups in total. The molecule has 0 unspecified atom stereocenters. The standard InChI is InChI=1S/C13H20N2O/c1-14-11-8-13(10-15-9-11)16-12-6-4-2-3-5-7-12/h8-10,12,14H,2-7H2,1H3. The van der Waals surface area contributed by atoms with E-state index < -0.39 is 0 Å². The number of anilines is 1. The van der Waals surface area contributed by atoms with Gasteiger partial charge in [0.05, 0.1) is 24.2 Å². The van der Waals surface area contributed by atoms with Crippen LogP contribution in [0.15, 0.2) is 18.5 Å². The maximum atomic E-state index is 5.98. The predicted octanol–water partition coefficient (Wildman–Crippen LogP) is 3.22. The molecular formula is C13H20N2O. The number of pyridine rings is 1. The SMILES string of the molecule is CNc1cncc(OC2CCCCCC2)c1. The first-order valence-corrected chi connectivity index (χ1v) is 6.18. The molecular weight excluding hydrogens is 200 g/mol. The van der Waals surface area contributed by atoms with Gasteiger partial charge in [0.1, 0.15) is 5.75 Å². The zero-order valence-corrected chi connectivity index (χ0v) is 9.91. The molecule has 1 aromatic rings. The largest absolute Gasteiger partial charge is 0.489 e. The molecule has 3 nitrogen and oxygen atoms in total. The highest BCUT2D eigenvalue weighted by Gasteiger charge is 2.13. The fraction of sp³-hybridized carbons (Fsp3) is 0.615. The number of aromatic nitrogens is 1. The van der Waals surface area contributed by atoms with Gasteiger partial charge in [-0.05, 0) is 25.7 Å². The summed E-state index contributed by atoms with van der Waals surface area (Å²) < 4.78 is 5.98. The summed E-state index contributed by atoms with van der Waals surface area (Å²) in [4.78, 5) is 4.16. The molecule has 0 aromatic carbocycles. The van der Waals surface area contributed by atoms with E-state index in [1.807, 2.05) is 13.1 Å². The first-order chi connectivity index (χ1) is 7.88. The molecule has 1 aliphatic carbocycles. The minimum atomic E-state index is 0.386. The van der Waals surface area contributed by atoms with Crippen molar-refractivity contribution in [1.29, 1.82) is 0 Å². The summed E-state index contributed by atoms with van der Waals surface area (Å²) in [6.45, 7) is 0. The summed E-state index contributed by atoms with van der Waals surface area (Å²) in [5.74, 6) is 0.888. The van der Waals surface area contributed by atoms with Crippen LogP contribution in [-0.2, 0) is 0 Å². The van der Waals surface area contributed by atoms with Crippen molar-refractivity contribution in [2.75, 3.05) is 12.4 Å². The Balaban J connectivity index is 1.96. The average molecular weight is 220 g/mol. The molecule has 1 heterocycles. The number of rotatable bonds is 3. The van der Waals surface area contributed by atoms with Crippen LogP contribution in [0.2, 0.25) is 0 Å². The second-order valence-electron chi connectivity index (χ2n) is 4.39. The van der Waals surface area contributed by atoms with E-state index in [1.54, 1.807) is 12.4 Å². The van der Waals surface area contributed by atoms with Crippen molar-refractivity contribution in [3.05, 3.63) is 18.5 Å². The number of hydrogen-bond acceptors (Lipinski definition) is 3. The van der Waals surface area contributed by atoms with Crippen LogP contribution in [0.5, 0.6) is 5.75 Å². The van der Waals surface area contributed by atoms with Crippen molar-refractivity contribution in [3.63, 3.8) is 0 Å². The molecule has 88 valence electrons. The lowest BCUT2D eigenvalue weighted by Crippen LogP contribution is -2.15. The van der Waals surface area contributed by atoms with Crippen molar-refractivity contribution in [1.82, 2.24) is 4.98 Å². The Morgan fingerprint density at radius 1 is 1.19 bits per heavy atom. The minimum Gasteiger partial charge on any atom is -0.489 e. The Bertz CT molecular complexity index is 319. The van der Waals surface area contributed by atoms with Crippen molar-refractivity contribution < 1.29 is 4.74 Å². The average Bonchev–Trinajstić information content (AvgIpc) is 2.58. The van der Waals surface area contributed by atoms with E-state index in [0.717, 1.165) is 11.4 Å². The third kappa shape index (κ3) is 3.12. The minimum absolute atomic E-state index is 0.386. The van der Waals surface area contributed by atoms with Gasteiger partial charge in [-0.25, -0.2) is 0 Å². The van der Waals surface area contributed by atoms with Crippen molar-refractivity contribution in [3.8, 4) is 5.75 Å². The second-order valence-corrected chi connectivity index (χ2v) is 4.39. The summed E-state index contributed by atoms with van der Waals surface area (Å²) in [7, 11) is 1.90. The molecule has 16 heavy (non-hydrogen) atoms. The highest BCUT2D eigenvalue weighted by atomic mass is 16.5. The van der Waals surface area contributed by atoms with Crippen molar-refractivity contribution in [2.24, 2.45) is 0 Å². The Kier molecular flexibility index (Phi) is 4.03. The predicted molar refractivity (Wildman–Crippen MR) is 65.9 cm³/mol. The first-order valence-electron chi connectivity index (χ1n) is 6.18. The number of hydrogen-bond donors (Lipinski definition) is 1. The number of nitrogens with one attached hydrogen (secondary N) is 1. The zero-order valence-electron chi connectivity index (χ0n) is 9.91. The van der Waals surface area contributed by atoms with Gasteiger partial charge in [-0.3, -0.25) is 4.98 Å². The van der Waals surface area contributed by atoms with Crippen LogP contribution in [-0.4, -0.2) is 18.1 Å². The summed E-state index contributed by atoms with van der Waals surface area (Å²) in [5.41, 5.74) is 1.01. The molecule has 0 atom stereocenters. The Hall–Kier alpha value is -1.25. The summed E-state index contributed by atoms with van der Waals surface area (Å²) in [6, 6.07) is 2.01. The maximum absolute atomic E-state index is 5.98. The normalized spacial score (nSPS) is 17.8. The van der Waals surface area contributed by atoms with Crippen molar-refractivity contribution in [2.45, 2.75) is 44.6 Å². The van der Waals surface area contributed by atoms with E-state index in [2.05, 4.69) is 10.3 Å². The molecule has 0 saturated heterocycles. The van der Waals surface area contributed by atoms with Crippen LogP contribution in [0.1, 0.15) is 38.5 Å². The highest BCUT2D eigenvalue weighted by Crippen LogP contribution is 2.23. The molecule has 1 saturated carbocycles. The Morgan fingerprint density at radius 2 is 1.94 bits per heavy atom. The Morgan fingerprint density at radius 3 is 2.62 bits per heavy atom. The lowest BCUT2D eigenvalue weighted by molar-refractivity contribution is 0.183. The van der Waals surface area contributed by atoms with Crippen molar-refractivity contribution >= 4 is 5.69 Å².